The second kappa shape index (κ2) is 7.56. The Balaban J connectivity index is 1.98. The fourth-order valence-corrected chi connectivity index (χ4v) is 3.95. The van der Waals surface area contributed by atoms with Crippen molar-refractivity contribution in [1.82, 2.24) is 10.2 Å². The van der Waals surface area contributed by atoms with Gasteiger partial charge in [-0.2, -0.15) is 0 Å². The van der Waals surface area contributed by atoms with Crippen LogP contribution in [0.4, 0.5) is 0 Å². The lowest BCUT2D eigenvalue weighted by atomic mass is 9.96. The Morgan fingerprint density at radius 2 is 2.19 bits per heavy atom. The minimum atomic E-state index is -0.479. The summed E-state index contributed by atoms with van der Waals surface area (Å²) >= 11 is 0. The summed E-state index contributed by atoms with van der Waals surface area (Å²) in [4.78, 5) is 14.7. The molecule has 21 heavy (non-hydrogen) atoms. The fraction of sp³-hybridized carbons (Fsp3) is 0.938. The lowest BCUT2D eigenvalue weighted by molar-refractivity contribution is -0.148. The summed E-state index contributed by atoms with van der Waals surface area (Å²) in [6.45, 7) is 7.81. The maximum Gasteiger partial charge on any atom is 0.326 e. The van der Waals surface area contributed by atoms with Crippen molar-refractivity contribution < 1.29 is 14.3 Å². The number of esters is 1. The first-order valence-electron chi connectivity index (χ1n) is 8.34. The van der Waals surface area contributed by atoms with Crippen LogP contribution < -0.4 is 5.32 Å². The van der Waals surface area contributed by atoms with Gasteiger partial charge in [-0.1, -0.05) is 6.92 Å². The van der Waals surface area contributed by atoms with Crippen molar-refractivity contribution in [1.29, 1.82) is 0 Å². The van der Waals surface area contributed by atoms with E-state index in [0.717, 1.165) is 51.9 Å². The normalized spacial score (nSPS) is 34.0. The van der Waals surface area contributed by atoms with Crippen LogP contribution in [-0.4, -0.2) is 61.9 Å². The first kappa shape index (κ1) is 16.7. The number of carbonyl (C=O) groups excluding carboxylic acids is 1. The smallest absolute Gasteiger partial charge is 0.326 e. The number of nitrogens with zero attached hydrogens (tertiary/aromatic N) is 1. The van der Waals surface area contributed by atoms with Gasteiger partial charge >= 0.3 is 5.97 Å². The van der Waals surface area contributed by atoms with Crippen LogP contribution in [0.2, 0.25) is 0 Å². The van der Waals surface area contributed by atoms with Gasteiger partial charge in [0.2, 0.25) is 0 Å². The Bertz CT molecular complexity index is 348. The van der Waals surface area contributed by atoms with Gasteiger partial charge in [-0.3, -0.25) is 9.69 Å². The Morgan fingerprint density at radius 1 is 1.38 bits per heavy atom. The van der Waals surface area contributed by atoms with Gasteiger partial charge < -0.3 is 14.8 Å². The molecule has 3 unspecified atom stereocenters. The third-order valence-corrected chi connectivity index (χ3v) is 4.91. The van der Waals surface area contributed by atoms with Gasteiger partial charge in [0.25, 0.3) is 0 Å². The molecule has 0 aromatic rings. The molecule has 0 amide bonds. The average Bonchev–Trinajstić information content (AvgIpc) is 2.93. The molecule has 1 aliphatic carbocycles. The quantitative estimate of drug-likeness (QED) is 0.754. The van der Waals surface area contributed by atoms with Gasteiger partial charge in [0.15, 0.2) is 0 Å². The van der Waals surface area contributed by atoms with E-state index in [4.69, 9.17) is 9.47 Å². The standard InChI is InChI=1S/C16H30N2O3/c1-4-17-16(15(19)20-3)9-8-13(11-16)18-10-6-7-14(12-18)21-5-2/h13-14,17H,4-12H2,1-3H3. The number of methoxy groups -OCH3 is 1. The van der Waals surface area contributed by atoms with Crippen molar-refractivity contribution in [2.45, 2.75) is 63.6 Å². The molecule has 1 N–H and O–H groups in total. The summed E-state index contributed by atoms with van der Waals surface area (Å²) in [6, 6.07) is 0.464. The molecular formula is C16H30N2O3. The second-order valence-electron chi connectivity index (χ2n) is 6.22. The second-order valence-corrected chi connectivity index (χ2v) is 6.22. The lowest BCUT2D eigenvalue weighted by Crippen LogP contribution is -2.52. The van der Waals surface area contributed by atoms with Crippen LogP contribution in [0.15, 0.2) is 0 Å². The zero-order valence-electron chi connectivity index (χ0n) is 13.7. The number of rotatable bonds is 6. The zero-order chi connectivity index (χ0) is 15.3. The predicted molar refractivity (Wildman–Crippen MR) is 82.3 cm³/mol. The molecular weight excluding hydrogens is 268 g/mol. The third kappa shape index (κ3) is 3.76. The molecule has 122 valence electrons. The van der Waals surface area contributed by atoms with Crippen molar-refractivity contribution >= 4 is 5.97 Å². The van der Waals surface area contributed by atoms with E-state index >= 15 is 0 Å². The Hall–Kier alpha value is -0.650. The maximum absolute atomic E-state index is 12.2. The first-order valence-corrected chi connectivity index (χ1v) is 8.34. The van der Waals surface area contributed by atoms with Crippen molar-refractivity contribution in [3.05, 3.63) is 0 Å². The van der Waals surface area contributed by atoms with Crippen LogP contribution in [0.5, 0.6) is 0 Å². The van der Waals surface area contributed by atoms with E-state index in [1.807, 2.05) is 6.92 Å². The summed E-state index contributed by atoms with van der Waals surface area (Å²) in [5, 5.41) is 3.38. The van der Waals surface area contributed by atoms with Crippen LogP contribution in [0, 0.1) is 0 Å². The van der Waals surface area contributed by atoms with Gasteiger partial charge in [-0.05, 0) is 52.1 Å². The van der Waals surface area contributed by atoms with Crippen LogP contribution >= 0.6 is 0 Å². The summed E-state index contributed by atoms with van der Waals surface area (Å²) in [5.41, 5.74) is -0.479. The highest BCUT2D eigenvalue weighted by Crippen LogP contribution is 2.35. The molecule has 0 bridgehead atoms. The molecule has 0 spiro atoms. The van der Waals surface area contributed by atoms with E-state index in [1.165, 1.54) is 13.5 Å². The highest BCUT2D eigenvalue weighted by Gasteiger charge is 2.47. The molecule has 3 atom stereocenters. The molecule has 2 rings (SSSR count). The molecule has 5 nitrogen and oxygen atoms in total. The first-order chi connectivity index (χ1) is 10.1. The number of likely N-dealkylation sites (tertiary alicyclic amines) is 1. The molecule has 5 heteroatoms. The van der Waals surface area contributed by atoms with Gasteiger partial charge in [0.1, 0.15) is 5.54 Å². The van der Waals surface area contributed by atoms with Crippen LogP contribution in [-0.2, 0) is 14.3 Å². The number of nitrogens with one attached hydrogen (secondary N) is 1. The number of ether oxygens (including phenoxy) is 2. The largest absolute Gasteiger partial charge is 0.468 e. The number of piperidine rings is 1. The maximum atomic E-state index is 12.2. The zero-order valence-corrected chi connectivity index (χ0v) is 13.7. The third-order valence-electron chi connectivity index (χ3n) is 4.91. The van der Waals surface area contributed by atoms with Crippen LogP contribution in [0.25, 0.3) is 0 Å². The number of carbonyl (C=O) groups is 1. The topological polar surface area (TPSA) is 50.8 Å². The van der Waals surface area contributed by atoms with E-state index < -0.39 is 5.54 Å². The molecule has 1 heterocycles. The fourth-order valence-electron chi connectivity index (χ4n) is 3.95. The van der Waals surface area contributed by atoms with E-state index in [-0.39, 0.29) is 5.97 Å². The lowest BCUT2D eigenvalue weighted by Gasteiger charge is -2.37. The van der Waals surface area contributed by atoms with Gasteiger partial charge in [0.05, 0.1) is 13.2 Å². The van der Waals surface area contributed by atoms with Crippen molar-refractivity contribution in [3.63, 3.8) is 0 Å². The van der Waals surface area contributed by atoms with Crippen molar-refractivity contribution in [3.8, 4) is 0 Å². The Morgan fingerprint density at radius 3 is 2.86 bits per heavy atom. The summed E-state index contributed by atoms with van der Waals surface area (Å²) in [5.74, 6) is -0.106. The molecule has 2 aliphatic rings. The molecule has 1 aliphatic heterocycles. The SMILES string of the molecule is CCNC1(C(=O)OC)CCC(N2CCCC(OCC)C2)C1. The number of hydrogen-bond acceptors (Lipinski definition) is 5. The van der Waals surface area contributed by atoms with Gasteiger partial charge in [-0.25, -0.2) is 0 Å². The summed E-state index contributed by atoms with van der Waals surface area (Å²) < 4.78 is 10.8. The minimum absolute atomic E-state index is 0.106. The molecule has 1 saturated heterocycles. The van der Waals surface area contributed by atoms with E-state index in [1.54, 1.807) is 0 Å². The number of likely N-dealkylation sites (N-methyl/N-ethyl adjacent to an activating group) is 1. The van der Waals surface area contributed by atoms with Crippen LogP contribution in [0.3, 0.4) is 0 Å². The van der Waals surface area contributed by atoms with E-state index in [9.17, 15) is 4.79 Å². The Labute approximate surface area is 128 Å². The van der Waals surface area contributed by atoms with Crippen molar-refractivity contribution in [2.75, 3.05) is 33.4 Å². The molecule has 0 aromatic carbocycles. The Kier molecular flexibility index (Phi) is 6.02. The highest BCUT2D eigenvalue weighted by molar-refractivity contribution is 5.81. The van der Waals surface area contributed by atoms with Gasteiger partial charge in [-0.15, -0.1) is 0 Å². The minimum Gasteiger partial charge on any atom is -0.468 e. The molecule has 2 fully saturated rings. The van der Waals surface area contributed by atoms with Crippen LogP contribution in [0.1, 0.15) is 46.0 Å². The molecule has 0 radical (unpaired) electrons. The highest BCUT2D eigenvalue weighted by atomic mass is 16.5. The van der Waals surface area contributed by atoms with E-state index in [2.05, 4.69) is 17.1 Å². The van der Waals surface area contributed by atoms with E-state index in [0.29, 0.717) is 12.1 Å². The monoisotopic (exact) mass is 298 g/mol. The average molecular weight is 298 g/mol. The van der Waals surface area contributed by atoms with Gasteiger partial charge in [0, 0.05) is 19.2 Å². The number of hydrogen-bond donors (Lipinski definition) is 1. The summed E-state index contributed by atoms with van der Waals surface area (Å²) in [6.07, 6.45) is 5.48. The molecule has 1 saturated carbocycles. The summed E-state index contributed by atoms with van der Waals surface area (Å²) in [7, 11) is 1.49. The predicted octanol–water partition coefficient (Wildman–Crippen LogP) is 1.56. The van der Waals surface area contributed by atoms with Crippen molar-refractivity contribution in [2.24, 2.45) is 0 Å². The molecule has 0 aromatic heterocycles.